The van der Waals surface area contributed by atoms with Gasteiger partial charge in [0.15, 0.2) is 0 Å². The molecule has 0 spiro atoms. The van der Waals surface area contributed by atoms with Crippen molar-refractivity contribution in [2.45, 2.75) is 19.4 Å². The van der Waals surface area contributed by atoms with Gasteiger partial charge in [-0.1, -0.05) is 6.07 Å². The summed E-state index contributed by atoms with van der Waals surface area (Å²) in [6, 6.07) is 7.36. The van der Waals surface area contributed by atoms with Crippen LogP contribution in [0.15, 0.2) is 45.4 Å². The molecule has 1 amide bonds. The van der Waals surface area contributed by atoms with Crippen LogP contribution in [-0.4, -0.2) is 40.7 Å². The summed E-state index contributed by atoms with van der Waals surface area (Å²) in [5.74, 6) is 0.561. The van der Waals surface area contributed by atoms with E-state index >= 15 is 0 Å². The summed E-state index contributed by atoms with van der Waals surface area (Å²) in [4.78, 5) is 25.1. The zero-order valence-corrected chi connectivity index (χ0v) is 15.3. The van der Waals surface area contributed by atoms with Gasteiger partial charge >= 0.3 is 5.97 Å². The van der Waals surface area contributed by atoms with E-state index in [1.54, 1.807) is 30.6 Å². The fourth-order valence-electron chi connectivity index (χ4n) is 2.52. The average Bonchev–Trinajstić information content (AvgIpc) is 3.33. The number of furan rings is 1. The molecule has 1 aliphatic rings. The number of thiophene rings is 1. The standard InChI is InChI=1S/C17H18N2O4S2/c1-2-22-17(21)11-24-10-16(20)19-13(14-5-3-7-23-14)9-12(18-19)15-6-4-8-25-15/h3-8,13H,2,9-11H2,1H3. The zero-order chi connectivity index (χ0) is 17.6. The molecule has 0 aromatic carbocycles. The molecule has 0 saturated carbocycles. The Morgan fingerprint density at radius 1 is 1.40 bits per heavy atom. The van der Waals surface area contributed by atoms with Gasteiger partial charge in [-0.15, -0.1) is 23.1 Å². The van der Waals surface area contributed by atoms with Crippen molar-refractivity contribution in [1.29, 1.82) is 0 Å². The number of carbonyl (C=O) groups excluding carboxylic acids is 2. The quantitative estimate of drug-likeness (QED) is 0.691. The van der Waals surface area contributed by atoms with Crippen molar-refractivity contribution in [3.63, 3.8) is 0 Å². The lowest BCUT2D eigenvalue weighted by atomic mass is 10.1. The first-order valence-electron chi connectivity index (χ1n) is 7.89. The third kappa shape index (κ3) is 4.32. The van der Waals surface area contributed by atoms with Crippen molar-refractivity contribution in [1.82, 2.24) is 5.01 Å². The molecule has 132 valence electrons. The van der Waals surface area contributed by atoms with Gasteiger partial charge in [-0.2, -0.15) is 5.10 Å². The predicted molar refractivity (Wildman–Crippen MR) is 97.7 cm³/mol. The van der Waals surface area contributed by atoms with Crippen LogP contribution in [0.25, 0.3) is 0 Å². The minimum absolute atomic E-state index is 0.151. The van der Waals surface area contributed by atoms with Crippen molar-refractivity contribution in [2.75, 3.05) is 18.1 Å². The van der Waals surface area contributed by atoms with Crippen LogP contribution in [0.2, 0.25) is 0 Å². The molecule has 1 aliphatic heterocycles. The Bertz CT molecular complexity index is 741. The van der Waals surface area contributed by atoms with Crippen LogP contribution in [0.4, 0.5) is 0 Å². The summed E-state index contributed by atoms with van der Waals surface area (Å²) in [6.07, 6.45) is 2.21. The number of rotatable bonds is 7. The molecule has 6 nitrogen and oxygen atoms in total. The Balaban J connectivity index is 1.68. The number of ether oxygens (including phenoxy) is 1. The van der Waals surface area contributed by atoms with Crippen molar-refractivity contribution in [3.8, 4) is 0 Å². The minimum Gasteiger partial charge on any atom is -0.467 e. The number of amides is 1. The van der Waals surface area contributed by atoms with Crippen LogP contribution in [0.1, 0.15) is 30.0 Å². The Morgan fingerprint density at radius 2 is 2.28 bits per heavy atom. The number of hydrogen-bond donors (Lipinski definition) is 0. The number of hydrogen-bond acceptors (Lipinski definition) is 7. The fraction of sp³-hybridized carbons (Fsp3) is 0.353. The van der Waals surface area contributed by atoms with Gasteiger partial charge in [-0.25, -0.2) is 5.01 Å². The second kappa shape index (κ2) is 8.35. The summed E-state index contributed by atoms with van der Waals surface area (Å²) < 4.78 is 10.4. The van der Waals surface area contributed by atoms with Crippen LogP contribution < -0.4 is 0 Å². The highest BCUT2D eigenvalue weighted by molar-refractivity contribution is 8.00. The van der Waals surface area contributed by atoms with Crippen molar-refractivity contribution in [3.05, 3.63) is 46.5 Å². The molecule has 2 aromatic heterocycles. The lowest BCUT2D eigenvalue weighted by Crippen LogP contribution is -2.28. The summed E-state index contributed by atoms with van der Waals surface area (Å²) in [7, 11) is 0. The number of hydrazone groups is 1. The third-order valence-electron chi connectivity index (χ3n) is 3.59. The maximum Gasteiger partial charge on any atom is 0.315 e. The Morgan fingerprint density at radius 3 is 2.96 bits per heavy atom. The molecular formula is C17H18N2O4S2. The van der Waals surface area contributed by atoms with Crippen molar-refractivity contribution < 1.29 is 18.7 Å². The van der Waals surface area contributed by atoms with E-state index in [1.165, 1.54) is 16.8 Å². The van der Waals surface area contributed by atoms with E-state index < -0.39 is 0 Å². The van der Waals surface area contributed by atoms with E-state index in [0.717, 1.165) is 10.6 Å². The van der Waals surface area contributed by atoms with E-state index in [0.29, 0.717) is 18.8 Å². The second-order valence-corrected chi connectivity index (χ2v) is 7.23. The first-order valence-corrected chi connectivity index (χ1v) is 9.92. The van der Waals surface area contributed by atoms with Crippen LogP contribution >= 0.6 is 23.1 Å². The minimum atomic E-state index is -0.313. The smallest absolute Gasteiger partial charge is 0.315 e. The average molecular weight is 378 g/mol. The van der Waals surface area contributed by atoms with Crippen LogP contribution in [0.5, 0.6) is 0 Å². The van der Waals surface area contributed by atoms with Gasteiger partial charge in [-0.3, -0.25) is 9.59 Å². The van der Waals surface area contributed by atoms with Gasteiger partial charge in [0, 0.05) is 6.42 Å². The second-order valence-electron chi connectivity index (χ2n) is 5.30. The van der Waals surface area contributed by atoms with Gasteiger partial charge in [0.1, 0.15) is 11.8 Å². The molecule has 2 aromatic rings. The highest BCUT2D eigenvalue weighted by Crippen LogP contribution is 2.34. The summed E-state index contributed by atoms with van der Waals surface area (Å²) in [6.45, 7) is 2.10. The largest absolute Gasteiger partial charge is 0.467 e. The van der Waals surface area contributed by atoms with Crippen molar-refractivity contribution >= 4 is 40.7 Å². The molecular weight excluding hydrogens is 360 g/mol. The van der Waals surface area contributed by atoms with E-state index in [1.807, 2.05) is 23.6 Å². The molecule has 8 heteroatoms. The van der Waals surface area contributed by atoms with Crippen molar-refractivity contribution in [2.24, 2.45) is 5.10 Å². The summed E-state index contributed by atoms with van der Waals surface area (Å²) >= 11 is 2.83. The zero-order valence-electron chi connectivity index (χ0n) is 13.7. The van der Waals surface area contributed by atoms with Gasteiger partial charge in [0.2, 0.25) is 0 Å². The molecule has 1 atom stereocenters. The normalized spacial score (nSPS) is 16.8. The number of esters is 1. The molecule has 0 fully saturated rings. The van der Waals surface area contributed by atoms with E-state index in [2.05, 4.69) is 5.10 Å². The third-order valence-corrected chi connectivity index (χ3v) is 5.40. The Kier molecular flexibility index (Phi) is 5.93. The molecule has 0 saturated heterocycles. The van der Waals surface area contributed by atoms with E-state index in [-0.39, 0.29) is 29.4 Å². The molecule has 25 heavy (non-hydrogen) atoms. The number of thioether (sulfide) groups is 1. The monoisotopic (exact) mass is 378 g/mol. The summed E-state index contributed by atoms with van der Waals surface area (Å²) in [5.41, 5.74) is 0.875. The maximum atomic E-state index is 12.6. The van der Waals surface area contributed by atoms with Crippen LogP contribution in [-0.2, 0) is 14.3 Å². The molecule has 0 N–H and O–H groups in total. The van der Waals surface area contributed by atoms with Gasteiger partial charge in [0.05, 0.1) is 35.0 Å². The van der Waals surface area contributed by atoms with Gasteiger partial charge in [-0.05, 0) is 30.5 Å². The SMILES string of the molecule is CCOC(=O)CSCC(=O)N1N=C(c2cccs2)CC1c1ccco1. The Labute approximate surface area is 153 Å². The Hall–Kier alpha value is -2.06. The van der Waals surface area contributed by atoms with Crippen LogP contribution in [0.3, 0.4) is 0 Å². The van der Waals surface area contributed by atoms with Gasteiger partial charge < -0.3 is 9.15 Å². The first kappa shape index (κ1) is 17.8. The molecule has 0 aliphatic carbocycles. The summed E-state index contributed by atoms with van der Waals surface area (Å²) in [5, 5.41) is 7.99. The van der Waals surface area contributed by atoms with E-state index in [4.69, 9.17) is 9.15 Å². The van der Waals surface area contributed by atoms with Gasteiger partial charge in [0.25, 0.3) is 5.91 Å². The highest BCUT2D eigenvalue weighted by atomic mass is 32.2. The highest BCUT2D eigenvalue weighted by Gasteiger charge is 2.34. The molecule has 3 heterocycles. The first-order chi connectivity index (χ1) is 12.2. The van der Waals surface area contributed by atoms with E-state index in [9.17, 15) is 9.59 Å². The molecule has 1 unspecified atom stereocenters. The maximum absolute atomic E-state index is 12.6. The lowest BCUT2D eigenvalue weighted by molar-refractivity contribution is -0.139. The topological polar surface area (TPSA) is 72.1 Å². The number of carbonyl (C=O) groups is 2. The lowest BCUT2D eigenvalue weighted by Gasteiger charge is -2.19. The molecule has 3 rings (SSSR count). The number of nitrogens with zero attached hydrogens (tertiary/aromatic N) is 2. The molecule has 0 bridgehead atoms. The fourth-order valence-corrected chi connectivity index (χ4v) is 3.90. The van der Waals surface area contributed by atoms with Crippen LogP contribution in [0, 0.1) is 0 Å². The predicted octanol–water partition coefficient (Wildman–Crippen LogP) is 3.32. The molecule has 0 radical (unpaired) electrons.